The summed E-state index contributed by atoms with van der Waals surface area (Å²) in [5, 5.41) is 16.6. The first-order valence-electron chi connectivity index (χ1n) is 11.5. The van der Waals surface area contributed by atoms with Gasteiger partial charge in [-0.2, -0.15) is 0 Å². The molecular formula is C30H24O5. The zero-order chi connectivity index (χ0) is 24.7. The summed E-state index contributed by atoms with van der Waals surface area (Å²) >= 11 is 0. The Hall–Kier alpha value is -4.25. The third-order valence-corrected chi connectivity index (χ3v) is 6.66. The average Bonchev–Trinajstić information content (AvgIpc) is 2.85. The number of carboxylic acid groups (broad SMARTS) is 1. The van der Waals surface area contributed by atoms with Crippen LogP contribution in [0.25, 0.3) is 32.3 Å². The molecular weight excluding hydrogens is 440 g/mol. The lowest BCUT2D eigenvalue weighted by Crippen LogP contribution is -2.22. The van der Waals surface area contributed by atoms with Crippen LogP contribution in [-0.2, 0) is 14.3 Å². The molecule has 0 bridgehead atoms. The molecule has 0 aromatic heterocycles. The highest BCUT2D eigenvalue weighted by atomic mass is 16.6. The fraction of sp³-hybridized carbons (Fsp3) is 0.167. The lowest BCUT2D eigenvalue weighted by Gasteiger charge is -2.20. The minimum absolute atomic E-state index is 0.00991. The number of carbonyl (C=O) groups is 3. The molecule has 2 unspecified atom stereocenters. The first-order chi connectivity index (χ1) is 16.8. The van der Waals surface area contributed by atoms with Crippen molar-refractivity contribution in [1.82, 2.24) is 0 Å². The summed E-state index contributed by atoms with van der Waals surface area (Å²) in [7, 11) is 0. The summed E-state index contributed by atoms with van der Waals surface area (Å²) in [6, 6.07) is 25.1. The molecule has 5 rings (SSSR count). The number of esters is 1. The zero-order valence-electron chi connectivity index (χ0n) is 19.4. The molecule has 0 heterocycles. The summed E-state index contributed by atoms with van der Waals surface area (Å²) in [5.41, 5.74) is 1.41. The maximum Gasteiger partial charge on any atom is 0.349 e. The van der Waals surface area contributed by atoms with Gasteiger partial charge in [-0.15, -0.1) is 0 Å². The van der Waals surface area contributed by atoms with E-state index in [0.717, 1.165) is 21.7 Å². The maximum absolute atomic E-state index is 12.9. The third kappa shape index (κ3) is 3.99. The van der Waals surface area contributed by atoms with E-state index in [-0.39, 0.29) is 29.2 Å². The van der Waals surface area contributed by atoms with Gasteiger partial charge in [0.2, 0.25) is 6.10 Å². The molecule has 0 saturated heterocycles. The van der Waals surface area contributed by atoms with Crippen LogP contribution in [0.15, 0.2) is 78.9 Å². The summed E-state index contributed by atoms with van der Waals surface area (Å²) in [5.74, 6) is -2.44. The Kier molecular flexibility index (Phi) is 5.69. The molecule has 5 aromatic carbocycles. The second-order valence-corrected chi connectivity index (χ2v) is 8.97. The Balaban J connectivity index is 1.46. The lowest BCUT2D eigenvalue weighted by atomic mass is 9.87. The molecule has 0 radical (unpaired) electrons. The van der Waals surface area contributed by atoms with Crippen molar-refractivity contribution in [2.24, 2.45) is 0 Å². The Morgan fingerprint density at radius 1 is 0.771 bits per heavy atom. The van der Waals surface area contributed by atoms with Crippen molar-refractivity contribution in [1.29, 1.82) is 0 Å². The molecule has 1 N–H and O–H groups in total. The number of rotatable bonds is 7. The van der Waals surface area contributed by atoms with Crippen molar-refractivity contribution in [2.45, 2.75) is 32.3 Å². The lowest BCUT2D eigenvalue weighted by molar-refractivity contribution is -0.164. The molecule has 174 valence electrons. The van der Waals surface area contributed by atoms with Crippen molar-refractivity contribution in [3.05, 3.63) is 95.6 Å². The normalized spacial score (nSPS) is 13.2. The quantitative estimate of drug-likeness (QED) is 0.166. The van der Waals surface area contributed by atoms with Gasteiger partial charge in [-0.25, -0.2) is 4.79 Å². The van der Waals surface area contributed by atoms with Crippen LogP contribution in [0.4, 0.5) is 0 Å². The predicted octanol–water partition coefficient (Wildman–Crippen LogP) is 6.65. The largest absolute Gasteiger partial charge is 0.478 e. The third-order valence-electron chi connectivity index (χ3n) is 6.66. The second-order valence-electron chi connectivity index (χ2n) is 8.97. The van der Waals surface area contributed by atoms with E-state index in [1.54, 1.807) is 12.1 Å². The number of Topliss-reactive ketones (excluding diaryl/α,β-unsaturated/α-hetero) is 1. The predicted molar refractivity (Wildman–Crippen MR) is 136 cm³/mol. The summed E-state index contributed by atoms with van der Waals surface area (Å²) in [6.07, 6.45) is -1.54. The molecule has 5 heteroatoms. The Labute approximate surface area is 202 Å². The molecule has 2 atom stereocenters. The monoisotopic (exact) mass is 464 g/mol. The fourth-order valence-electron chi connectivity index (χ4n) is 5.02. The number of benzene rings is 5. The van der Waals surface area contributed by atoms with Crippen molar-refractivity contribution >= 4 is 50.0 Å². The number of carbonyl (C=O) groups excluding carboxylic acids is 2. The van der Waals surface area contributed by atoms with E-state index >= 15 is 0 Å². The maximum atomic E-state index is 12.9. The highest BCUT2D eigenvalue weighted by Gasteiger charge is 2.29. The Morgan fingerprint density at radius 2 is 1.40 bits per heavy atom. The van der Waals surface area contributed by atoms with Crippen LogP contribution in [0.2, 0.25) is 0 Å². The van der Waals surface area contributed by atoms with E-state index in [9.17, 15) is 19.5 Å². The molecule has 0 aliphatic rings. The van der Waals surface area contributed by atoms with Crippen LogP contribution in [0.1, 0.15) is 53.8 Å². The van der Waals surface area contributed by atoms with Crippen molar-refractivity contribution in [2.75, 3.05) is 0 Å². The van der Waals surface area contributed by atoms with Gasteiger partial charge in [0.15, 0.2) is 5.78 Å². The average molecular weight is 465 g/mol. The van der Waals surface area contributed by atoms with Gasteiger partial charge in [0.05, 0.1) is 6.42 Å². The van der Waals surface area contributed by atoms with Crippen molar-refractivity contribution in [3.8, 4) is 0 Å². The second kappa shape index (κ2) is 8.84. The number of carboxylic acids is 1. The zero-order valence-corrected chi connectivity index (χ0v) is 19.4. The van der Waals surface area contributed by atoms with Crippen molar-refractivity contribution < 1.29 is 24.2 Å². The van der Waals surface area contributed by atoms with Gasteiger partial charge in [0.25, 0.3) is 0 Å². The molecule has 0 aliphatic heterocycles. The van der Waals surface area contributed by atoms with Crippen LogP contribution < -0.4 is 0 Å². The van der Waals surface area contributed by atoms with Gasteiger partial charge >= 0.3 is 11.9 Å². The number of ether oxygens (including phenoxy) is 1. The highest BCUT2D eigenvalue weighted by molar-refractivity contribution is 6.23. The first kappa shape index (κ1) is 22.5. The van der Waals surface area contributed by atoms with Gasteiger partial charge in [-0.05, 0) is 50.7 Å². The summed E-state index contributed by atoms with van der Waals surface area (Å²) in [4.78, 5) is 36.8. The van der Waals surface area contributed by atoms with E-state index < -0.39 is 18.0 Å². The molecule has 0 fully saturated rings. The summed E-state index contributed by atoms with van der Waals surface area (Å²) < 4.78 is 5.42. The highest BCUT2D eigenvalue weighted by Crippen LogP contribution is 2.38. The minimum Gasteiger partial charge on any atom is -0.478 e. The first-order valence-corrected chi connectivity index (χ1v) is 11.5. The Bertz CT molecular complexity index is 1580. The van der Waals surface area contributed by atoms with Gasteiger partial charge < -0.3 is 9.84 Å². The van der Waals surface area contributed by atoms with E-state index in [1.807, 2.05) is 19.1 Å². The number of hydrogen-bond donors (Lipinski definition) is 1. The standard InChI is InChI=1S/C30H24O5/c1-17(16-26(32)35-29(30(33)34)25-9-4-3-8-23(25)18(2)31)22-14-12-21-11-10-19-6-5-7-20-13-15-24(22)28(21)27(19)20/h3-15,17,29H,16H2,1-2H3,(H,33,34). The molecule has 0 aliphatic carbocycles. The van der Waals surface area contributed by atoms with Gasteiger partial charge in [-0.3, -0.25) is 9.59 Å². The number of ketones is 1. The number of hydrogen-bond acceptors (Lipinski definition) is 4. The fourth-order valence-corrected chi connectivity index (χ4v) is 5.02. The smallest absolute Gasteiger partial charge is 0.349 e. The topological polar surface area (TPSA) is 80.7 Å². The molecule has 0 spiro atoms. The van der Waals surface area contributed by atoms with Gasteiger partial charge in [-0.1, -0.05) is 85.8 Å². The van der Waals surface area contributed by atoms with E-state index in [2.05, 4.69) is 42.5 Å². The van der Waals surface area contributed by atoms with Crippen LogP contribution in [-0.4, -0.2) is 22.8 Å². The van der Waals surface area contributed by atoms with E-state index in [0.29, 0.717) is 0 Å². The molecule has 35 heavy (non-hydrogen) atoms. The molecule has 5 nitrogen and oxygen atoms in total. The van der Waals surface area contributed by atoms with E-state index in [4.69, 9.17) is 4.74 Å². The van der Waals surface area contributed by atoms with E-state index in [1.165, 1.54) is 35.2 Å². The van der Waals surface area contributed by atoms with Crippen LogP contribution in [0, 0.1) is 0 Å². The van der Waals surface area contributed by atoms with Crippen LogP contribution in [0.3, 0.4) is 0 Å². The van der Waals surface area contributed by atoms with Gasteiger partial charge in [0, 0.05) is 11.1 Å². The molecule has 5 aromatic rings. The Morgan fingerprint density at radius 3 is 2.09 bits per heavy atom. The summed E-state index contributed by atoms with van der Waals surface area (Å²) in [6.45, 7) is 3.29. The number of aliphatic carboxylic acids is 1. The SMILES string of the molecule is CC(=O)c1ccccc1C(OC(=O)CC(C)c1ccc2ccc3cccc4ccc1c2c34)C(=O)O. The van der Waals surface area contributed by atoms with Crippen LogP contribution in [0.5, 0.6) is 0 Å². The van der Waals surface area contributed by atoms with Crippen LogP contribution >= 0.6 is 0 Å². The van der Waals surface area contributed by atoms with Crippen molar-refractivity contribution in [3.63, 3.8) is 0 Å². The van der Waals surface area contributed by atoms with Gasteiger partial charge in [0.1, 0.15) is 0 Å². The molecule has 0 saturated carbocycles. The molecule has 0 amide bonds. The minimum atomic E-state index is -1.55.